The number of hydrogen-bond donors (Lipinski definition) is 2. The highest BCUT2D eigenvalue weighted by Gasteiger charge is 2.18. The van der Waals surface area contributed by atoms with Gasteiger partial charge in [-0.05, 0) is 25.1 Å². The van der Waals surface area contributed by atoms with Crippen molar-refractivity contribution in [2.45, 2.75) is 16.8 Å². The molecule has 19 heavy (non-hydrogen) atoms. The molecule has 5 nitrogen and oxygen atoms in total. The average molecular weight is 280 g/mol. The zero-order chi connectivity index (χ0) is 14.0. The van der Waals surface area contributed by atoms with Crippen LogP contribution in [0.2, 0.25) is 0 Å². The van der Waals surface area contributed by atoms with Crippen molar-refractivity contribution in [3.63, 3.8) is 0 Å². The number of nitrogens with zero attached hydrogens (tertiary/aromatic N) is 3. The number of nitrogens with two attached hydrogens (primary N) is 1. The summed E-state index contributed by atoms with van der Waals surface area (Å²) in [5.74, 6) is -0.321. The first-order valence-corrected chi connectivity index (χ1v) is 6.29. The Morgan fingerprint density at radius 3 is 2.89 bits per heavy atom. The van der Waals surface area contributed by atoms with Gasteiger partial charge >= 0.3 is 0 Å². The molecule has 0 aliphatic carbocycles. The van der Waals surface area contributed by atoms with E-state index in [2.05, 4.69) is 10.3 Å². The summed E-state index contributed by atoms with van der Waals surface area (Å²) in [6.45, 7) is 1.77. The summed E-state index contributed by atoms with van der Waals surface area (Å²) in [4.78, 5) is 0.718. The predicted octanol–water partition coefficient (Wildman–Crippen LogP) is 2.11. The molecular weight excluding hydrogens is 267 g/mol. The molecule has 3 N–H and O–H groups in total. The van der Waals surface area contributed by atoms with Crippen molar-refractivity contribution in [3.05, 3.63) is 41.3 Å². The summed E-state index contributed by atoms with van der Waals surface area (Å²) < 4.78 is 14.8. The molecule has 1 aromatic carbocycles. The fraction of sp³-hybridized carbons (Fsp3) is 0.167. The zero-order valence-electron chi connectivity index (χ0n) is 10.5. The summed E-state index contributed by atoms with van der Waals surface area (Å²) in [5.41, 5.74) is 6.86. The lowest BCUT2D eigenvalue weighted by molar-refractivity contribution is 0.318. The van der Waals surface area contributed by atoms with E-state index in [1.807, 2.05) is 0 Å². The van der Waals surface area contributed by atoms with Crippen LogP contribution in [0.25, 0.3) is 0 Å². The SMILES string of the molecule is Cc1nn(C)c(Sc2cccc(F)c2)c1C(N)=NO. The van der Waals surface area contributed by atoms with Gasteiger partial charge in [0.1, 0.15) is 10.8 Å². The lowest BCUT2D eigenvalue weighted by atomic mass is 10.2. The van der Waals surface area contributed by atoms with Crippen LogP contribution in [0.1, 0.15) is 11.3 Å². The average Bonchev–Trinajstić information content (AvgIpc) is 2.63. The number of rotatable bonds is 3. The summed E-state index contributed by atoms with van der Waals surface area (Å²) >= 11 is 1.31. The fourth-order valence-electron chi connectivity index (χ4n) is 1.74. The van der Waals surface area contributed by atoms with E-state index in [0.29, 0.717) is 16.3 Å². The highest BCUT2D eigenvalue weighted by atomic mass is 32.2. The van der Waals surface area contributed by atoms with Crippen molar-refractivity contribution in [1.29, 1.82) is 0 Å². The molecule has 0 aliphatic rings. The number of halogens is 1. The van der Waals surface area contributed by atoms with E-state index in [0.717, 1.165) is 4.90 Å². The lowest BCUT2D eigenvalue weighted by Crippen LogP contribution is -2.14. The first kappa shape index (κ1) is 13.4. The highest BCUT2D eigenvalue weighted by Crippen LogP contribution is 2.31. The number of hydrogen-bond acceptors (Lipinski definition) is 4. The molecule has 100 valence electrons. The number of aromatic nitrogens is 2. The maximum atomic E-state index is 13.2. The quantitative estimate of drug-likeness (QED) is 0.391. The second-order valence-electron chi connectivity index (χ2n) is 3.93. The minimum absolute atomic E-state index is 0.00972. The molecule has 0 atom stereocenters. The minimum Gasteiger partial charge on any atom is -0.409 e. The molecule has 1 aromatic heterocycles. The first-order chi connectivity index (χ1) is 9.02. The highest BCUT2D eigenvalue weighted by molar-refractivity contribution is 7.99. The van der Waals surface area contributed by atoms with Crippen LogP contribution in [0.4, 0.5) is 4.39 Å². The third-order valence-corrected chi connectivity index (χ3v) is 3.70. The molecule has 0 fully saturated rings. The first-order valence-electron chi connectivity index (χ1n) is 5.48. The summed E-state index contributed by atoms with van der Waals surface area (Å²) in [6, 6.07) is 6.21. The van der Waals surface area contributed by atoms with Gasteiger partial charge in [-0.2, -0.15) is 5.10 Å². The van der Waals surface area contributed by atoms with Gasteiger partial charge in [-0.25, -0.2) is 4.39 Å². The smallest absolute Gasteiger partial charge is 0.174 e. The summed E-state index contributed by atoms with van der Waals surface area (Å²) in [7, 11) is 1.75. The summed E-state index contributed by atoms with van der Waals surface area (Å²) in [5, 5.41) is 16.7. The van der Waals surface area contributed by atoms with Gasteiger partial charge in [-0.15, -0.1) is 0 Å². The Labute approximate surface area is 113 Å². The monoisotopic (exact) mass is 280 g/mol. The van der Waals surface area contributed by atoms with Gasteiger partial charge in [0.25, 0.3) is 0 Å². The van der Waals surface area contributed by atoms with E-state index in [1.165, 1.54) is 23.9 Å². The van der Waals surface area contributed by atoms with Gasteiger partial charge in [-0.1, -0.05) is 23.0 Å². The Balaban J connectivity index is 2.45. The van der Waals surface area contributed by atoms with Gasteiger partial charge < -0.3 is 10.9 Å². The van der Waals surface area contributed by atoms with Gasteiger partial charge in [0, 0.05) is 11.9 Å². The number of benzene rings is 1. The topological polar surface area (TPSA) is 76.4 Å². The van der Waals surface area contributed by atoms with Crippen molar-refractivity contribution < 1.29 is 9.60 Å². The molecule has 1 heterocycles. The lowest BCUT2D eigenvalue weighted by Gasteiger charge is -2.05. The molecule has 0 amide bonds. The van der Waals surface area contributed by atoms with Crippen LogP contribution in [0.3, 0.4) is 0 Å². The number of amidine groups is 1. The molecule has 0 unspecified atom stereocenters. The van der Waals surface area contributed by atoms with E-state index in [4.69, 9.17) is 10.9 Å². The standard InChI is InChI=1S/C12H13FN4OS/c1-7-10(11(14)16-18)12(17(2)15-7)19-9-5-3-4-8(13)6-9/h3-6,18H,1-2H3,(H2,14,16). The van der Waals surface area contributed by atoms with Crippen LogP contribution < -0.4 is 5.73 Å². The van der Waals surface area contributed by atoms with Crippen LogP contribution in [0, 0.1) is 12.7 Å². The molecule has 0 aliphatic heterocycles. The third kappa shape index (κ3) is 2.70. The molecule has 0 saturated carbocycles. The third-order valence-electron chi connectivity index (χ3n) is 2.54. The summed E-state index contributed by atoms with van der Waals surface area (Å²) in [6.07, 6.45) is 0. The number of aryl methyl sites for hydroxylation is 2. The molecule has 0 bridgehead atoms. The molecule has 0 spiro atoms. The van der Waals surface area contributed by atoms with Gasteiger partial charge in [-0.3, -0.25) is 4.68 Å². The van der Waals surface area contributed by atoms with E-state index in [9.17, 15) is 4.39 Å². The molecule has 2 rings (SSSR count). The predicted molar refractivity (Wildman–Crippen MR) is 71.0 cm³/mol. The van der Waals surface area contributed by atoms with Crippen LogP contribution in [-0.2, 0) is 7.05 Å². The van der Waals surface area contributed by atoms with Crippen LogP contribution in [-0.4, -0.2) is 20.8 Å². The number of oxime groups is 1. The van der Waals surface area contributed by atoms with E-state index in [-0.39, 0.29) is 11.7 Å². The zero-order valence-corrected chi connectivity index (χ0v) is 11.3. The largest absolute Gasteiger partial charge is 0.409 e. The maximum Gasteiger partial charge on any atom is 0.174 e. The van der Waals surface area contributed by atoms with Crippen LogP contribution in [0.15, 0.2) is 39.3 Å². The van der Waals surface area contributed by atoms with Crippen molar-refractivity contribution in [3.8, 4) is 0 Å². The Morgan fingerprint density at radius 1 is 1.53 bits per heavy atom. The molecule has 7 heteroatoms. The van der Waals surface area contributed by atoms with Gasteiger partial charge in [0.15, 0.2) is 5.84 Å². The minimum atomic E-state index is -0.311. The fourth-order valence-corrected chi connectivity index (χ4v) is 2.81. The van der Waals surface area contributed by atoms with E-state index < -0.39 is 0 Å². The van der Waals surface area contributed by atoms with Crippen LogP contribution >= 0.6 is 11.8 Å². The van der Waals surface area contributed by atoms with E-state index >= 15 is 0 Å². The Hall–Kier alpha value is -2.02. The van der Waals surface area contributed by atoms with Crippen LogP contribution in [0.5, 0.6) is 0 Å². The van der Waals surface area contributed by atoms with Crippen molar-refractivity contribution in [1.82, 2.24) is 9.78 Å². The Kier molecular flexibility index (Phi) is 3.75. The second kappa shape index (κ2) is 5.31. The normalized spacial score (nSPS) is 11.8. The van der Waals surface area contributed by atoms with E-state index in [1.54, 1.807) is 30.8 Å². The molecule has 0 radical (unpaired) electrons. The Morgan fingerprint density at radius 2 is 2.26 bits per heavy atom. The van der Waals surface area contributed by atoms with Crippen molar-refractivity contribution >= 4 is 17.6 Å². The molecule has 2 aromatic rings. The molecular formula is C12H13FN4OS. The molecule has 0 saturated heterocycles. The second-order valence-corrected chi connectivity index (χ2v) is 5.00. The van der Waals surface area contributed by atoms with Crippen molar-refractivity contribution in [2.75, 3.05) is 0 Å². The maximum absolute atomic E-state index is 13.2. The Bertz CT molecular complexity index is 639. The van der Waals surface area contributed by atoms with Gasteiger partial charge in [0.05, 0.1) is 11.3 Å². The van der Waals surface area contributed by atoms with Crippen molar-refractivity contribution in [2.24, 2.45) is 17.9 Å². The van der Waals surface area contributed by atoms with Gasteiger partial charge in [0.2, 0.25) is 0 Å².